The maximum atomic E-state index is 5.84. The number of anilines is 1. The molecular formula is C14H24N4O. The molecule has 1 aliphatic heterocycles. The molecule has 0 saturated carbocycles. The van der Waals surface area contributed by atoms with Crippen LogP contribution < -0.4 is 15.4 Å². The molecule has 0 unspecified atom stereocenters. The van der Waals surface area contributed by atoms with E-state index in [9.17, 15) is 0 Å². The molecule has 0 bridgehead atoms. The van der Waals surface area contributed by atoms with E-state index in [1.54, 1.807) is 13.3 Å². The van der Waals surface area contributed by atoms with Gasteiger partial charge in [0.25, 0.3) is 0 Å². The summed E-state index contributed by atoms with van der Waals surface area (Å²) in [7, 11) is 1.65. The Morgan fingerprint density at radius 3 is 2.58 bits per heavy atom. The van der Waals surface area contributed by atoms with E-state index < -0.39 is 0 Å². The minimum Gasteiger partial charge on any atom is -0.481 e. The van der Waals surface area contributed by atoms with E-state index in [1.807, 2.05) is 12.1 Å². The predicted octanol–water partition coefficient (Wildman–Crippen LogP) is 0.950. The summed E-state index contributed by atoms with van der Waals surface area (Å²) in [6.07, 6.45) is 1.80. The number of pyridine rings is 1. The van der Waals surface area contributed by atoms with Crippen LogP contribution in [0.1, 0.15) is 13.8 Å². The lowest BCUT2D eigenvalue weighted by molar-refractivity contribution is 0.119. The SMILES string of the molecule is COc1cc(N2CCN(C(C)(C)CN)CC2)ccn1. The van der Waals surface area contributed by atoms with Crippen molar-refractivity contribution in [3.63, 3.8) is 0 Å². The third kappa shape index (κ3) is 3.16. The van der Waals surface area contributed by atoms with Gasteiger partial charge in [-0.15, -0.1) is 0 Å². The first kappa shape index (κ1) is 14.1. The van der Waals surface area contributed by atoms with Crippen molar-refractivity contribution in [2.75, 3.05) is 44.7 Å². The number of hydrogen-bond acceptors (Lipinski definition) is 5. The zero-order valence-electron chi connectivity index (χ0n) is 12.1. The Balaban J connectivity index is 1.99. The number of aromatic nitrogens is 1. The fourth-order valence-corrected chi connectivity index (χ4v) is 2.41. The lowest BCUT2D eigenvalue weighted by Gasteiger charge is -2.44. The number of nitrogens with two attached hydrogens (primary N) is 1. The number of piperazine rings is 1. The summed E-state index contributed by atoms with van der Waals surface area (Å²) < 4.78 is 5.17. The van der Waals surface area contributed by atoms with Crippen molar-refractivity contribution in [2.24, 2.45) is 5.73 Å². The van der Waals surface area contributed by atoms with Crippen LogP contribution in [0.15, 0.2) is 18.3 Å². The number of ether oxygens (including phenoxy) is 1. The monoisotopic (exact) mass is 264 g/mol. The second-order valence-electron chi connectivity index (χ2n) is 5.55. The third-order valence-corrected chi connectivity index (χ3v) is 3.93. The highest BCUT2D eigenvalue weighted by molar-refractivity contribution is 5.48. The fourth-order valence-electron chi connectivity index (χ4n) is 2.41. The third-order valence-electron chi connectivity index (χ3n) is 3.93. The highest BCUT2D eigenvalue weighted by atomic mass is 16.5. The molecule has 0 atom stereocenters. The molecule has 1 aromatic rings. The molecule has 1 fully saturated rings. The summed E-state index contributed by atoms with van der Waals surface area (Å²) in [4.78, 5) is 8.97. The van der Waals surface area contributed by atoms with E-state index in [2.05, 4.69) is 28.6 Å². The van der Waals surface area contributed by atoms with E-state index in [4.69, 9.17) is 10.5 Å². The molecule has 0 amide bonds. The van der Waals surface area contributed by atoms with Gasteiger partial charge in [0.05, 0.1) is 7.11 Å². The fraction of sp³-hybridized carbons (Fsp3) is 0.643. The van der Waals surface area contributed by atoms with Crippen LogP contribution in [0, 0.1) is 0 Å². The van der Waals surface area contributed by atoms with Crippen molar-refractivity contribution in [1.82, 2.24) is 9.88 Å². The summed E-state index contributed by atoms with van der Waals surface area (Å²) in [5.41, 5.74) is 7.10. The van der Waals surface area contributed by atoms with Gasteiger partial charge in [-0.3, -0.25) is 4.90 Å². The molecule has 5 heteroatoms. The van der Waals surface area contributed by atoms with Gasteiger partial charge in [0.2, 0.25) is 5.88 Å². The van der Waals surface area contributed by atoms with Crippen LogP contribution in [0.3, 0.4) is 0 Å². The van der Waals surface area contributed by atoms with Crippen LogP contribution in [0.5, 0.6) is 5.88 Å². The summed E-state index contributed by atoms with van der Waals surface area (Å²) in [5.74, 6) is 0.669. The molecule has 0 aliphatic carbocycles. The zero-order chi connectivity index (χ0) is 13.9. The molecule has 2 heterocycles. The number of hydrogen-bond donors (Lipinski definition) is 1. The van der Waals surface area contributed by atoms with Gasteiger partial charge in [-0.2, -0.15) is 0 Å². The van der Waals surface area contributed by atoms with E-state index in [0.717, 1.165) is 26.2 Å². The molecule has 1 aromatic heterocycles. The van der Waals surface area contributed by atoms with Crippen LogP contribution in [0.4, 0.5) is 5.69 Å². The van der Waals surface area contributed by atoms with Crippen molar-refractivity contribution in [2.45, 2.75) is 19.4 Å². The molecular weight excluding hydrogens is 240 g/mol. The molecule has 19 heavy (non-hydrogen) atoms. The zero-order valence-corrected chi connectivity index (χ0v) is 12.1. The molecule has 106 valence electrons. The van der Waals surface area contributed by atoms with Crippen LogP contribution in [0.25, 0.3) is 0 Å². The lowest BCUT2D eigenvalue weighted by atomic mass is 10.0. The molecule has 5 nitrogen and oxygen atoms in total. The van der Waals surface area contributed by atoms with Crippen molar-refractivity contribution < 1.29 is 4.74 Å². The van der Waals surface area contributed by atoms with E-state index >= 15 is 0 Å². The van der Waals surface area contributed by atoms with Crippen molar-refractivity contribution in [3.8, 4) is 5.88 Å². The molecule has 1 saturated heterocycles. The second kappa shape index (κ2) is 5.75. The maximum absolute atomic E-state index is 5.84. The van der Waals surface area contributed by atoms with Crippen LogP contribution >= 0.6 is 0 Å². The molecule has 1 aliphatic rings. The average molecular weight is 264 g/mol. The Morgan fingerprint density at radius 1 is 1.32 bits per heavy atom. The van der Waals surface area contributed by atoms with E-state index in [0.29, 0.717) is 12.4 Å². The standard InChI is InChI=1S/C14H24N4O/c1-14(2,11-15)18-8-6-17(7-9-18)12-4-5-16-13(10-12)19-3/h4-5,10H,6-9,11,15H2,1-3H3. The van der Waals surface area contributed by atoms with Gasteiger partial charge in [-0.05, 0) is 19.9 Å². The first-order valence-electron chi connectivity index (χ1n) is 6.77. The number of methoxy groups -OCH3 is 1. The number of rotatable bonds is 4. The van der Waals surface area contributed by atoms with Crippen LogP contribution in [0.2, 0.25) is 0 Å². The number of nitrogens with zero attached hydrogens (tertiary/aromatic N) is 3. The lowest BCUT2D eigenvalue weighted by Crippen LogP contribution is -2.57. The van der Waals surface area contributed by atoms with Gasteiger partial charge in [0.15, 0.2) is 0 Å². The van der Waals surface area contributed by atoms with Gasteiger partial charge in [-0.25, -0.2) is 4.98 Å². The van der Waals surface area contributed by atoms with Crippen LogP contribution in [-0.2, 0) is 0 Å². The summed E-state index contributed by atoms with van der Waals surface area (Å²) >= 11 is 0. The first-order chi connectivity index (χ1) is 9.06. The largest absolute Gasteiger partial charge is 0.481 e. The summed E-state index contributed by atoms with van der Waals surface area (Å²) in [6, 6.07) is 4.02. The van der Waals surface area contributed by atoms with Crippen LogP contribution in [-0.4, -0.2) is 55.3 Å². The Labute approximate surface area is 115 Å². The molecule has 2 rings (SSSR count). The highest BCUT2D eigenvalue weighted by Gasteiger charge is 2.28. The molecule has 0 radical (unpaired) electrons. The van der Waals surface area contributed by atoms with Crippen molar-refractivity contribution in [3.05, 3.63) is 18.3 Å². The first-order valence-corrected chi connectivity index (χ1v) is 6.77. The Bertz CT molecular complexity index is 414. The quantitative estimate of drug-likeness (QED) is 0.877. The van der Waals surface area contributed by atoms with Gasteiger partial charge < -0.3 is 15.4 Å². The second-order valence-corrected chi connectivity index (χ2v) is 5.55. The van der Waals surface area contributed by atoms with Crippen molar-refractivity contribution in [1.29, 1.82) is 0 Å². The predicted molar refractivity (Wildman–Crippen MR) is 77.7 cm³/mol. The smallest absolute Gasteiger partial charge is 0.214 e. The molecule has 2 N–H and O–H groups in total. The average Bonchev–Trinajstić information content (AvgIpc) is 2.47. The summed E-state index contributed by atoms with van der Waals surface area (Å²) in [6.45, 7) is 9.20. The Kier molecular flexibility index (Phi) is 4.27. The Morgan fingerprint density at radius 2 is 2.00 bits per heavy atom. The minimum absolute atomic E-state index is 0.0853. The minimum atomic E-state index is 0.0853. The summed E-state index contributed by atoms with van der Waals surface area (Å²) in [5, 5.41) is 0. The van der Waals surface area contributed by atoms with Gasteiger partial charge in [0, 0.05) is 56.2 Å². The Hall–Kier alpha value is -1.33. The highest BCUT2D eigenvalue weighted by Crippen LogP contribution is 2.22. The molecule has 0 aromatic carbocycles. The van der Waals surface area contributed by atoms with E-state index in [-0.39, 0.29) is 5.54 Å². The van der Waals surface area contributed by atoms with Gasteiger partial charge in [-0.1, -0.05) is 0 Å². The molecule has 0 spiro atoms. The topological polar surface area (TPSA) is 54.6 Å². The maximum Gasteiger partial charge on any atom is 0.214 e. The van der Waals surface area contributed by atoms with Crippen molar-refractivity contribution >= 4 is 5.69 Å². The van der Waals surface area contributed by atoms with Gasteiger partial charge >= 0.3 is 0 Å². The normalized spacial score (nSPS) is 17.6. The van der Waals surface area contributed by atoms with E-state index in [1.165, 1.54) is 5.69 Å². The van der Waals surface area contributed by atoms with Gasteiger partial charge in [0.1, 0.15) is 0 Å².